The van der Waals surface area contributed by atoms with Crippen LogP contribution in [0.2, 0.25) is 0 Å². The predicted molar refractivity (Wildman–Crippen MR) is 67.9 cm³/mol. The highest BCUT2D eigenvalue weighted by molar-refractivity contribution is 5.22. The summed E-state index contributed by atoms with van der Waals surface area (Å²) in [5.74, 6) is 0.302. The highest BCUT2D eigenvalue weighted by Crippen LogP contribution is 2.62. The molecule has 4 aliphatic rings. The SMILES string of the molecule is CC1=CO[C@@H]2O[C@]3(C)O[C@]24[C@H]1CC[C@@H](C)[C@@H]4C[C@H]3O. The van der Waals surface area contributed by atoms with E-state index in [0.29, 0.717) is 17.8 Å². The molecule has 0 amide bonds. The minimum atomic E-state index is -0.908. The molecule has 1 N–H and O–H groups in total. The minimum absolute atomic E-state index is 0.311. The van der Waals surface area contributed by atoms with Gasteiger partial charge < -0.3 is 19.3 Å². The van der Waals surface area contributed by atoms with Gasteiger partial charge in [-0.25, -0.2) is 0 Å². The zero-order chi connectivity index (χ0) is 13.4. The summed E-state index contributed by atoms with van der Waals surface area (Å²) in [6.45, 7) is 6.22. The van der Waals surface area contributed by atoms with Gasteiger partial charge >= 0.3 is 0 Å². The minimum Gasteiger partial charge on any atom is -0.469 e. The van der Waals surface area contributed by atoms with E-state index in [1.165, 1.54) is 12.0 Å². The first kappa shape index (κ1) is 12.2. The van der Waals surface area contributed by atoms with Gasteiger partial charge in [-0.1, -0.05) is 6.92 Å². The van der Waals surface area contributed by atoms with Crippen LogP contribution in [-0.2, 0) is 14.2 Å². The van der Waals surface area contributed by atoms with Crippen LogP contribution >= 0.6 is 0 Å². The topological polar surface area (TPSA) is 47.9 Å². The van der Waals surface area contributed by atoms with Gasteiger partial charge in [-0.3, -0.25) is 0 Å². The van der Waals surface area contributed by atoms with Crippen molar-refractivity contribution in [2.75, 3.05) is 0 Å². The Morgan fingerprint density at radius 2 is 2.16 bits per heavy atom. The molecule has 1 spiro atoms. The Hall–Kier alpha value is -0.580. The molecule has 4 rings (SSSR count). The second-order valence-electron chi connectivity index (χ2n) is 6.88. The maximum atomic E-state index is 10.4. The third kappa shape index (κ3) is 1.30. The van der Waals surface area contributed by atoms with Crippen molar-refractivity contribution in [1.82, 2.24) is 0 Å². The molecular weight excluding hydrogens is 244 g/mol. The molecule has 2 saturated heterocycles. The summed E-state index contributed by atoms with van der Waals surface area (Å²) in [6, 6.07) is 0. The van der Waals surface area contributed by atoms with Crippen LogP contribution in [-0.4, -0.2) is 28.9 Å². The lowest BCUT2D eigenvalue weighted by molar-refractivity contribution is -0.286. The van der Waals surface area contributed by atoms with Gasteiger partial charge in [0, 0.05) is 11.8 Å². The van der Waals surface area contributed by atoms with E-state index in [9.17, 15) is 5.11 Å². The lowest BCUT2D eigenvalue weighted by Gasteiger charge is -2.55. The highest BCUT2D eigenvalue weighted by atomic mass is 16.8. The zero-order valence-corrected chi connectivity index (χ0v) is 11.8. The van der Waals surface area contributed by atoms with Crippen LogP contribution in [0, 0.1) is 17.8 Å². The Morgan fingerprint density at radius 1 is 1.37 bits per heavy atom. The average molecular weight is 266 g/mol. The van der Waals surface area contributed by atoms with Crippen molar-refractivity contribution in [3.8, 4) is 0 Å². The molecule has 7 atom stereocenters. The van der Waals surface area contributed by atoms with Crippen molar-refractivity contribution >= 4 is 0 Å². The molecule has 106 valence electrons. The van der Waals surface area contributed by atoms with Crippen molar-refractivity contribution in [3.05, 3.63) is 11.8 Å². The number of hydrogen-bond acceptors (Lipinski definition) is 4. The van der Waals surface area contributed by atoms with Gasteiger partial charge in [0.15, 0.2) is 5.79 Å². The second-order valence-corrected chi connectivity index (χ2v) is 6.88. The maximum Gasteiger partial charge on any atom is 0.231 e. The first-order chi connectivity index (χ1) is 8.97. The number of aliphatic hydroxyl groups is 1. The fourth-order valence-corrected chi connectivity index (χ4v) is 4.76. The van der Waals surface area contributed by atoms with Crippen LogP contribution in [0.4, 0.5) is 0 Å². The molecule has 1 aliphatic carbocycles. The van der Waals surface area contributed by atoms with Gasteiger partial charge in [-0.15, -0.1) is 0 Å². The molecule has 3 heterocycles. The van der Waals surface area contributed by atoms with Crippen molar-refractivity contribution < 1.29 is 19.3 Å². The lowest BCUT2D eigenvalue weighted by Crippen LogP contribution is -2.63. The normalized spacial score (nSPS) is 59.2. The van der Waals surface area contributed by atoms with E-state index in [4.69, 9.17) is 14.2 Å². The molecule has 0 radical (unpaired) electrons. The smallest absolute Gasteiger partial charge is 0.231 e. The number of fused-ring (bicyclic) bond motifs is 1. The molecule has 0 unspecified atom stereocenters. The fraction of sp³-hybridized carbons (Fsp3) is 0.867. The third-order valence-corrected chi connectivity index (χ3v) is 5.82. The van der Waals surface area contributed by atoms with E-state index in [2.05, 4.69) is 13.8 Å². The molecule has 2 bridgehead atoms. The summed E-state index contributed by atoms with van der Waals surface area (Å²) in [7, 11) is 0. The largest absolute Gasteiger partial charge is 0.469 e. The molecule has 0 aromatic heterocycles. The first-order valence-corrected chi connectivity index (χ1v) is 7.35. The number of rotatable bonds is 0. The summed E-state index contributed by atoms with van der Waals surface area (Å²) in [5.41, 5.74) is 0.863. The molecule has 3 aliphatic heterocycles. The van der Waals surface area contributed by atoms with Gasteiger partial charge in [0.2, 0.25) is 6.29 Å². The van der Waals surface area contributed by atoms with Crippen LogP contribution in [0.3, 0.4) is 0 Å². The molecule has 3 fully saturated rings. The number of hydrogen-bond donors (Lipinski definition) is 1. The molecule has 0 aromatic carbocycles. The van der Waals surface area contributed by atoms with Gasteiger partial charge in [0.25, 0.3) is 0 Å². The second kappa shape index (κ2) is 3.54. The van der Waals surface area contributed by atoms with E-state index in [-0.39, 0.29) is 11.9 Å². The van der Waals surface area contributed by atoms with Crippen molar-refractivity contribution in [3.63, 3.8) is 0 Å². The number of ether oxygens (including phenoxy) is 3. The first-order valence-electron chi connectivity index (χ1n) is 7.35. The van der Waals surface area contributed by atoms with E-state index in [0.717, 1.165) is 12.8 Å². The Balaban J connectivity index is 1.86. The Labute approximate surface area is 113 Å². The average Bonchev–Trinajstić information content (AvgIpc) is 2.62. The van der Waals surface area contributed by atoms with Crippen molar-refractivity contribution in [1.29, 1.82) is 0 Å². The van der Waals surface area contributed by atoms with E-state index < -0.39 is 11.9 Å². The van der Waals surface area contributed by atoms with Gasteiger partial charge in [-0.2, -0.15) is 0 Å². The summed E-state index contributed by atoms with van der Waals surface area (Å²) in [5, 5.41) is 10.4. The lowest BCUT2D eigenvalue weighted by atomic mass is 9.58. The quantitative estimate of drug-likeness (QED) is 0.730. The van der Waals surface area contributed by atoms with Crippen LogP contribution in [0.15, 0.2) is 11.8 Å². The Bertz CT molecular complexity index is 447. The van der Waals surface area contributed by atoms with E-state index in [1.54, 1.807) is 0 Å². The van der Waals surface area contributed by atoms with Crippen LogP contribution in [0.1, 0.15) is 40.0 Å². The predicted octanol–water partition coefficient (Wildman–Crippen LogP) is 2.18. The summed E-state index contributed by atoms with van der Waals surface area (Å²) >= 11 is 0. The summed E-state index contributed by atoms with van der Waals surface area (Å²) < 4.78 is 18.1. The molecule has 4 heteroatoms. The van der Waals surface area contributed by atoms with E-state index in [1.807, 2.05) is 13.2 Å². The Morgan fingerprint density at radius 3 is 2.95 bits per heavy atom. The van der Waals surface area contributed by atoms with Crippen LogP contribution in [0.5, 0.6) is 0 Å². The summed E-state index contributed by atoms with van der Waals surface area (Å²) in [4.78, 5) is 0. The molecule has 19 heavy (non-hydrogen) atoms. The summed E-state index contributed by atoms with van der Waals surface area (Å²) in [6.07, 6.45) is 3.95. The Kier molecular flexibility index (Phi) is 2.27. The molecule has 4 nitrogen and oxygen atoms in total. The standard InChI is InChI=1S/C15H22O4/c1-8-4-5-10-9(2)7-17-13-15(10)11(8)6-12(16)14(3,18-13)19-15/h7-8,10-13,16H,4-6H2,1-3H3/t8-,10+,11+,12-,13-,14-,15+/m1/s1. The van der Waals surface area contributed by atoms with Crippen molar-refractivity contribution in [2.24, 2.45) is 17.8 Å². The maximum absolute atomic E-state index is 10.4. The van der Waals surface area contributed by atoms with E-state index >= 15 is 0 Å². The third-order valence-electron chi connectivity index (χ3n) is 5.82. The van der Waals surface area contributed by atoms with Gasteiger partial charge in [0.05, 0.1) is 6.26 Å². The fourth-order valence-electron chi connectivity index (χ4n) is 4.76. The van der Waals surface area contributed by atoms with Gasteiger partial charge in [-0.05, 0) is 44.6 Å². The number of aliphatic hydroxyl groups excluding tert-OH is 1. The van der Waals surface area contributed by atoms with Crippen LogP contribution < -0.4 is 0 Å². The molecular formula is C15H22O4. The monoisotopic (exact) mass is 266 g/mol. The van der Waals surface area contributed by atoms with Crippen LogP contribution in [0.25, 0.3) is 0 Å². The molecule has 0 aromatic rings. The highest BCUT2D eigenvalue weighted by Gasteiger charge is 2.72. The van der Waals surface area contributed by atoms with Crippen molar-refractivity contribution in [2.45, 2.75) is 63.8 Å². The van der Waals surface area contributed by atoms with Gasteiger partial charge in [0.1, 0.15) is 11.7 Å². The molecule has 1 saturated carbocycles. The zero-order valence-electron chi connectivity index (χ0n) is 11.8.